The number of nitrogens with one attached hydrogen (secondary N) is 1. The molecule has 0 saturated carbocycles. The highest BCUT2D eigenvalue weighted by Crippen LogP contribution is 2.24. The number of anilines is 1. The molecule has 0 heterocycles. The van der Waals surface area contributed by atoms with Crippen molar-refractivity contribution in [3.63, 3.8) is 0 Å². The number of carbonyl (C=O) groups excluding carboxylic acids is 2. The van der Waals surface area contributed by atoms with E-state index >= 15 is 0 Å². The Morgan fingerprint density at radius 1 is 1.15 bits per heavy atom. The van der Waals surface area contributed by atoms with Crippen molar-refractivity contribution in [1.82, 2.24) is 10.2 Å². The first-order valence-electron chi connectivity index (χ1n) is 11.0. The van der Waals surface area contributed by atoms with E-state index < -0.39 is 28.5 Å². The number of hydrogen-bond acceptors (Lipinski definition) is 5. The Labute approximate surface area is 206 Å². The second kappa shape index (κ2) is 12.6. The van der Waals surface area contributed by atoms with Crippen LogP contribution in [0, 0.1) is 0 Å². The van der Waals surface area contributed by atoms with Gasteiger partial charge in [-0.1, -0.05) is 43.1 Å². The maximum absolute atomic E-state index is 13.5. The first-order valence-corrected chi connectivity index (χ1v) is 13.2. The molecule has 0 aliphatic carbocycles. The molecule has 0 aromatic heterocycles. The monoisotopic (exact) mass is 509 g/mol. The normalized spacial score (nSPS) is 12.0. The first-order chi connectivity index (χ1) is 16.1. The van der Waals surface area contributed by atoms with Gasteiger partial charge in [0.15, 0.2) is 0 Å². The van der Waals surface area contributed by atoms with Crippen LogP contribution < -0.4 is 14.4 Å². The molecule has 2 aromatic rings. The number of benzene rings is 2. The number of halogens is 1. The van der Waals surface area contributed by atoms with E-state index in [0.717, 1.165) is 29.0 Å². The molecule has 2 rings (SSSR count). The van der Waals surface area contributed by atoms with E-state index in [-0.39, 0.29) is 12.5 Å². The number of nitrogens with zero attached hydrogens (tertiary/aromatic N) is 2. The number of rotatable bonds is 12. The number of amides is 2. The van der Waals surface area contributed by atoms with Gasteiger partial charge in [0.05, 0.1) is 19.1 Å². The van der Waals surface area contributed by atoms with Crippen LogP contribution in [0.15, 0.2) is 48.5 Å². The van der Waals surface area contributed by atoms with Crippen molar-refractivity contribution in [3.05, 3.63) is 59.1 Å². The van der Waals surface area contributed by atoms with E-state index in [1.807, 2.05) is 6.92 Å². The average Bonchev–Trinajstić information content (AvgIpc) is 2.80. The van der Waals surface area contributed by atoms with Crippen molar-refractivity contribution in [1.29, 1.82) is 0 Å². The lowest BCUT2D eigenvalue weighted by Gasteiger charge is -2.31. The quantitative estimate of drug-likeness (QED) is 0.442. The fourth-order valence-corrected chi connectivity index (χ4v) is 4.25. The van der Waals surface area contributed by atoms with Gasteiger partial charge in [0.25, 0.3) is 0 Å². The van der Waals surface area contributed by atoms with Crippen LogP contribution in [-0.4, -0.2) is 57.6 Å². The molecular weight excluding hydrogens is 478 g/mol. The van der Waals surface area contributed by atoms with Crippen LogP contribution in [0.3, 0.4) is 0 Å². The molecule has 2 aromatic carbocycles. The summed E-state index contributed by atoms with van der Waals surface area (Å²) in [7, 11) is -2.33. The van der Waals surface area contributed by atoms with Gasteiger partial charge in [0.1, 0.15) is 18.3 Å². The van der Waals surface area contributed by atoms with Crippen LogP contribution in [0.1, 0.15) is 32.3 Å². The van der Waals surface area contributed by atoms with Gasteiger partial charge in [-0.25, -0.2) is 8.42 Å². The van der Waals surface area contributed by atoms with Gasteiger partial charge in [-0.05, 0) is 43.2 Å². The van der Waals surface area contributed by atoms with Gasteiger partial charge in [0.2, 0.25) is 21.8 Å². The summed E-state index contributed by atoms with van der Waals surface area (Å²) in [5.74, 6) is -0.357. The molecule has 0 aliphatic heterocycles. The lowest BCUT2D eigenvalue weighted by atomic mass is 10.1. The zero-order valence-corrected chi connectivity index (χ0v) is 21.5. The molecule has 0 saturated heterocycles. The average molecular weight is 510 g/mol. The highest BCUT2D eigenvalue weighted by Gasteiger charge is 2.30. The number of ether oxygens (including phenoxy) is 1. The molecule has 10 heteroatoms. The summed E-state index contributed by atoms with van der Waals surface area (Å²) < 4.78 is 31.4. The Bertz CT molecular complexity index is 1080. The zero-order valence-electron chi connectivity index (χ0n) is 20.0. The molecular formula is C24H32ClN3O5S. The third kappa shape index (κ3) is 7.92. The van der Waals surface area contributed by atoms with Crippen LogP contribution in [0.5, 0.6) is 5.75 Å². The molecule has 0 unspecified atom stereocenters. The minimum atomic E-state index is -3.80. The van der Waals surface area contributed by atoms with Crippen LogP contribution in [0.4, 0.5) is 5.69 Å². The van der Waals surface area contributed by atoms with E-state index in [1.165, 1.54) is 12.0 Å². The van der Waals surface area contributed by atoms with Crippen LogP contribution in [0.25, 0.3) is 0 Å². The summed E-state index contributed by atoms with van der Waals surface area (Å²) in [5.41, 5.74) is 1.06. The summed E-state index contributed by atoms with van der Waals surface area (Å²) in [6.45, 7) is 3.80. The van der Waals surface area contributed by atoms with Crippen molar-refractivity contribution in [2.75, 3.05) is 30.8 Å². The summed E-state index contributed by atoms with van der Waals surface area (Å²) in [5, 5.41) is 3.39. The molecule has 34 heavy (non-hydrogen) atoms. The SMILES string of the molecule is CCCCNC(=O)[C@@H](C)N(Cc1ccc(Cl)cc1)C(=O)CN(c1cccc(OC)c1)S(C)(=O)=O. The molecule has 2 amide bonds. The van der Waals surface area contributed by atoms with E-state index in [1.54, 1.807) is 55.5 Å². The molecule has 186 valence electrons. The van der Waals surface area contributed by atoms with E-state index in [4.69, 9.17) is 16.3 Å². The Balaban J connectivity index is 2.35. The molecule has 0 bridgehead atoms. The maximum Gasteiger partial charge on any atom is 0.244 e. The van der Waals surface area contributed by atoms with Crippen LogP contribution >= 0.6 is 11.6 Å². The Morgan fingerprint density at radius 2 is 1.82 bits per heavy atom. The van der Waals surface area contributed by atoms with E-state index in [0.29, 0.717) is 23.0 Å². The summed E-state index contributed by atoms with van der Waals surface area (Å²) in [6.07, 6.45) is 2.78. The first kappa shape index (κ1) is 27.5. The fourth-order valence-electron chi connectivity index (χ4n) is 3.28. The number of hydrogen-bond donors (Lipinski definition) is 1. The molecule has 0 spiro atoms. The third-order valence-corrected chi connectivity index (χ3v) is 6.68. The minimum absolute atomic E-state index is 0.119. The molecule has 8 nitrogen and oxygen atoms in total. The van der Waals surface area contributed by atoms with Crippen molar-refractivity contribution >= 4 is 39.1 Å². The molecule has 1 N–H and O–H groups in total. The molecule has 0 fully saturated rings. The fraction of sp³-hybridized carbons (Fsp3) is 0.417. The van der Waals surface area contributed by atoms with Crippen molar-refractivity contribution in [2.45, 2.75) is 39.3 Å². The van der Waals surface area contributed by atoms with Gasteiger partial charge in [-0.15, -0.1) is 0 Å². The van der Waals surface area contributed by atoms with E-state index in [2.05, 4.69) is 5.32 Å². The smallest absolute Gasteiger partial charge is 0.244 e. The Kier molecular flexibility index (Phi) is 10.2. The standard InChI is InChI=1S/C24H32ClN3O5S/c1-5-6-14-26-24(30)18(2)27(16-19-10-12-20(25)13-11-19)23(29)17-28(34(4,31)32)21-8-7-9-22(15-21)33-3/h7-13,15,18H,5-6,14,16-17H2,1-4H3,(H,26,30)/t18-/m1/s1. The van der Waals surface area contributed by atoms with Crippen LogP contribution in [0.2, 0.25) is 5.02 Å². The number of carbonyl (C=O) groups is 2. The number of sulfonamides is 1. The summed E-state index contributed by atoms with van der Waals surface area (Å²) in [6, 6.07) is 12.6. The summed E-state index contributed by atoms with van der Waals surface area (Å²) >= 11 is 5.98. The van der Waals surface area contributed by atoms with Crippen molar-refractivity contribution in [2.24, 2.45) is 0 Å². The van der Waals surface area contributed by atoms with Gasteiger partial charge in [0, 0.05) is 24.2 Å². The lowest BCUT2D eigenvalue weighted by Crippen LogP contribution is -2.51. The van der Waals surface area contributed by atoms with Crippen molar-refractivity contribution in [3.8, 4) is 5.75 Å². The number of unbranched alkanes of at least 4 members (excludes halogenated alkanes) is 1. The highest BCUT2D eigenvalue weighted by atomic mass is 35.5. The minimum Gasteiger partial charge on any atom is -0.497 e. The second-order valence-corrected chi connectivity index (χ2v) is 10.3. The molecule has 0 aliphatic rings. The van der Waals surface area contributed by atoms with E-state index in [9.17, 15) is 18.0 Å². The van der Waals surface area contributed by atoms with Crippen molar-refractivity contribution < 1.29 is 22.7 Å². The Morgan fingerprint density at radius 3 is 2.41 bits per heavy atom. The maximum atomic E-state index is 13.5. The lowest BCUT2D eigenvalue weighted by molar-refractivity contribution is -0.139. The van der Waals surface area contributed by atoms with Gasteiger partial charge in [-0.2, -0.15) is 0 Å². The second-order valence-electron chi connectivity index (χ2n) is 7.94. The van der Waals surface area contributed by atoms with Crippen LogP contribution in [-0.2, 0) is 26.2 Å². The highest BCUT2D eigenvalue weighted by molar-refractivity contribution is 7.92. The molecule has 1 atom stereocenters. The number of methoxy groups -OCH3 is 1. The van der Waals surface area contributed by atoms with Gasteiger partial charge < -0.3 is 15.0 Å². The predicted octanol–water partition coefficient (Wildman–Crippen LogP) is 3.45. The molecule has 0 radical (unpaired) electrons. The topological polar surface area (TPSA) is 96.0 Å². The predicted molar refractivity (Wildman–Crippen MR) is 135 cm³/mol. The van der Waals surface area contributed by atoms with Gasteiger partial charge >= 0.3 is 0 Å². The van der Waals surface area contributed by atoms with Gasteiger partial charge in [-0.3, -0.25) is 13.9 Å². The Hall–Kier alpha value is -2.78. The summed E-state index contributed by atoms with van der Waals surface area (Å²) in [4.78, 5) is 27.6. The zero-order chi connectivity index (χ0) is 25.3. The third-order valence-electron chi connectivity index (χ3n) is 5.28. The largest absolute Gasteiger partial charge is 0.497 e.